The number of carbonyl (C=O) groups excluding carboxylic acids is 2. The van der Waals surface area contributed by atoms with Gasteiger partial charge < -0.3 is 20.5 Å². The van der Waals surface area contributed by atoms with Crippen LogP contribution in [-0.4, -0.2) is 25.5 Å². The van der Waals surface area contributed by atoms with Crippen molar-refractivity contribution in [2.75, 3.05) is 19.0 Å². The van der Waals surface area contributed by atoms with Crippen LogP contribution < -0.4 is 20.5 Å². The van der Waals surface area contributed by atoms with E-state index in [2.05, 4.69) is 19.2 Å². The molecule has 1 heterocycles. The number of hydrogen-bond acceptors (Lipinski definition) is 5. The molecule has 0 unspecified atom stereocenters. The van der Waals surface area contributed by atoms with Crippen molar-refractivity contribution in [3.63, 3.8) is 0 Å². The van der Waals surface area contributed by atoms with Crippen molar-refractivity contribution >= 4 is 34.2 Å². The topological polar surface area (TPSA) is 90.6 Å². The van der Waals surface area contributed by atoms with Gasteiger partial charge in [-0.1, -0.05) is 32.8 Å². The standard InChI is InChI=1S/C25H32N2O4S/c1-4-5-6-13-31-19-11-8-17(15-20(19)30-3)9-12-22(28)27-25-23(24(26)29)18-10-7-16(2)14-21(18)32-25/h8-9,11-12,15-16H,4-7,10,13-14H2,1-3H3,(H2,26,29)(H,27,28)/b12-9+/t16-/m0/s1. The van der Waals surface area contributed by atoms with E-state index in [1.807, 2.05) is 18.2 Å². The monoisotopic (exact) mass is 456 g/mol. The summed E-state index contributed by atoms with van der Waals surface area (Å²) in [5.74, 6) is 1.09. The summed E-state index contributed by atoms with van der Waals surface area (Å²) in [7, 11) is 1.60. The number of carbonyl (C=O) groups is 2. The van der Waals surface area contributed by atoms with Crippen molar-refractivity contribution in [3.05, 3.63) is 45.8 Å². The van der Waals surface area contributed by atoms with Gasteiger partial charge in [0.15, 0.2) is 11.5 Å². The van der Waals surface area contributed by atoms with Gasteiger partial charge in [-0.15, -0.1) is 11.3 Å². The van der Waals surface area contributed by atoms with E-state index < -0.39 is 5.91 Å². The number of anilines is 1. The predicted molar refractivity (Wildman–Crippen MR) is 130 cm³/mol. The zero-order chi connectivity index (χ0) is 23.1. The number of ether oxygens (including phenoxy) is 2. The van der Waals surface area contributed by atoms with Gasteiger partial charge >= 0.3 is 0 Å². The molecule has 1 aromatic carbocycles. The fourth-order valence-corrected chi connectivity index (χ4v) is 5.29. The number of nitrogens with two attached hydrogens (primary N) is 1. The average molecular weight is 457 g/mol. The van der Waals surface area contributed by atoms with Crippen molar-refractivity contribution in [1.29, 1.82) is 0 Å². The zero-order valence-electron chi connectivity index (χ0n) is 19.0. The highest BCUT2D eigenvalue weighted by molar-refractivity contribution is 7.17. The van der Waals surface area contributed by atoms with Crippen LogP contribution in [0, 0.1) is 5.92 Å². The summed E-state index contributed by atoms with van der Waals surface area (Å²) in [6.07, 6.45) is 9.18. The first kappa shape index (κ1) is 23.9. The number of nitrogens with one attached hydrogen (secondary N) is 1. The first-order valence-corrected chi connectivity index (χ1v) is 12.0. The highest BCUT2D eigenvalue weighted by Crippen LogP contribution is 2.39. The highest BCUT2D eigenvalue weighted by atomic mass is 32.1. The molecule has 0 bridgehead atoms. The number of primary amides is 1. The van der Waals surface area contributed by atoms with Gasteiger partial charge in [0, 0.05) is 11.0 Å². The van der Waals surface area contributed by atoms with Gasteiger partial charge in [0.25, 0.3) is 5.91 Å². The smallest absolute Gasteiger partial charge is 0.251 e. The summed E-state index contributed by atoms with van der Waals surface area (Å²) in [6.45, 7) is 5.00. The van der Waals surface area contributed by atoms with Crippen LogP contribution in [0.25, 0.3) is 6.08 Å². The van der Waals surface area contributed by atoms with Crippen LogP contribution in [0.15, 0.2) is 24.3 Å². The normalized spacial score (nSPS) is 15.4. The number of unbranched alkanes of at least 4 members (excludes halogenated alkanes) is 2. The number of fused-ring (bicyclic) bond motifs is 1. The van der Waals surface area contributed by atoms with Crippen molar-refractivity contribution in [1.82, 2.24) is 0 Å². The maximum Gasteiger partial charge on any atom is 0.251 e. The molecule has 1 aromatic heterocycles. The first-order valence-electron chi connectivity index (χ1n) is 11.2. The lowest BCUT2D eigenvalue weighted by molar-refractivity contribution is -0.111. The van der Waals surface area contributed by atoms with E-state index >= 15 is 0 Å². The van der Waals surface area contributed by atoms with E-state index in [4.69, 9.17) is 15.2 Å². The highest BCUT2D eigenvalue weighted by Gasteiger charge is 2.26. The Morgan fingerprint density at radius 3 is 2.81 bits per heavy atom. The van der Waals surface area contributed by atoms with E-state index in [1.165, 1.54) is 17.4 Å². The number of methoxy groups -OCH3 is 1. The minimum absolute atomic E-state index is 0.307. The molecule has 0 radical (unpaired) electrons. The number of thiophene rings is 1. The molecule has 7 heteroatoms. The number of benzene rings is 1. The fourth-order valence-electron chi connectivity index (χ4n) is 3.87. The lowest BCUT2D eigenvalue weighted by Gasteiger charge is -2.18. The molecule has 2 aromatic rings. The first-order chi connectivity index (χ1) is 15.4. The molecule has 1 aliphatic rings. The zero-order valence-corrected chi connectivity index (χ0v) is 19.8. The summed E-state index contributed by atoms with van der Waals surface area (Å²) in [6, 6.07) is 5.56. The number of rotatable bonds is 10. The van der Waals surface area contributed by atoms with Gasteiger partial charge in [0.2, 0.25) is 5.91 Å². The second-order valence-electron chi connectivity index (χ2n) is 8.21. The number of hydrogen-bond donors (Lipinski definition) is 2. The van der Waals surface area contributed by atoms with Crippen LogP contribution in [0.2, 0.25) is 0 Å². The Labute approximate surface area is 193 Å². The molecule has 1 aliphatic carbocycles. The van der Waals surface area contributed by atoms with Crippen molar-refractivity contribution in [2.45, 2.75) is 52.4 Å². The Bertz CT molecular complexity index is 996. The van der Waals surface area contributed by atoms with Crippen LogP contribution in [-0.2, 0) is 17.6 Å². The molecule has 3 rings (SSSR count). The Morgan fingerprint density at radius 2 is 2.09 bits per heavy atom. The number of amides is 2. The van der Waals surface area contributed by atoms with E-state index in [0.717, 1.165) is 54.5 Å². The minimum Gasteiger partial charge on any atom is -0.493 e. The average Bonchev–Trinajstić information content (AvgIpc) is 3.12. The van der Waals surface area contributed by atoms with Gasteiger partial charge in [0.05, 0.1) is 19.3 Å². The lowest BCUT2D eigenvalue weighted by Crippen LogP contribution is -2.18. The Balaban J connectivity index is 1.69. The molecule has 6 nitrogen and oxygen atoms in total. The predicted octanol–water partition coefficient (Wildman–Crippen LogP) is 5.20. The molecule has 0 saturated carbocycles. The maximum absolute atomic E-state index is 12.6. The third-order valence-electron chi connectivity index (χ3n) is 5.62. The van der Waals surface area contributed by atoms with E-state index in [0.29, 0.717) is 34.6 Å². The fraction of sp³-hybridized carbons (Fsp3) is 0.440. The van der Waals surface area contributed by atoms with Gasteiger partial charge in [-0.3, -0.25) is 9.59 Å². The van der Waals surface area contributed by atoms with Gasteiger partial charge in [-0.05, 0) is 60.9 Å². The summed E-state index contributed by atoms with van der Waals surface area (Å²) in [4.78, 5) is 25.8. The molecular formula is C25H32N2O4S. The van der Waals surface area contributed by atoms with E-state index in [1.54, 1.807) is 13.2 Å². The van der Waals surface area contributed by atoms with Crippen molar-refractivity contribution < 1.29 is 19.1 Å². The third-order valence-corrected chi connectivity index (χ3v) is 6.78. The minimum atomic E-state index is -0.490. The molecule has 32 heavy (non-hydrogen) atoms. The Morgan fingerprint density at radius 1 is 1.28 bits per heavy atom. The van der Waals surface area contributed by atoms with E-state index in [-0.39, 0.29) is 5.91 Å². The van der Waals surface area contributed by atoms with E-state index in [9.17, 15) is 9.59 Å². The lowest BCUT2D eigenvalue weighted by atomic mass is 9.88. The summed E-state index contributed by atoms with van der Waals surface area (Å²) in [5, 5.41) is 3.39. The second kappa shape index (κ2) is 11.2. The van der Waals surface area contributed by atoms with Gasteiger partial charge in [-0.2, -0.15) is 0 Å². The molecular weight excluding hydrogens is 424 g/mol. The van der Waals surface area contributed by atoms with Crippen LogP contribution in [0.4, 0.5) is 5.00 Å². The third kappa shape index (κ3) is 5.91. The van der Waals surface area contributed by atoms with Crippen LogP contribution in [0.1, 0.15) is 65.9 Å². The largest absolute Gasteiger partial charge is 0.493 e. The SMILES string of the molecule is CCCCCOc1ccc(/C=C/C(=O)Nc2sc3c(c2C(N)=O)CC[C@H](C)C3)cc1OC. The van der Waals surface area contributed by atoms with Crippen LogP contribution in [0.5, 0.6) is 11.5 Å². The van der Waals surface area contributed by atoms with Crippen molar-refractivity contribution in [3.8, 4) is 11.5 Å². The van der Waals surface area contributed by atoms with Crippen LogP contribution >= 0.6 is 11.3 Å². The summed E-state index contributed by atoms with van der Waals surface area (Å²) in [5.41, 5.74) is 7.90. The van der Waals surface area contributed by atoms with Crippen molar-refractivity contribution in [2.24, 2.45) is 11.7 Å². The Hall–Kier alpha value is -2.80. The molecule has 0 fully saturated rings. The molecule has 2 amide bonds. The van der Waals surface area contributed by atoms with Gasteiger partial charge in [-0.25, -0.2) is 0 Å². The molecule has 1 atom stereocenters. The molecule has 0 saturated heterocycles. The second-order valence-corrected chi connectivity index (χ2v) is 9.31. The van der Waals surface area contributed by atoms with Gasteiger partial charge in [0.1, 0.15) is 5.00 Å². The molecule has 0 aliphatic heterocycles. The summed E-state index contributed by atoms with van der Waals surface area (Å²) < 4.78 is 11.2. The quantitative estimate of drug-likeness (QED) is 0.380. The maximum atomic E-state index is 12.6. The molecule has 172 valence electrons. The molecule has 0 spiro atoms. The summed E-state index contributed by atoms with van der Waals surface area (Å²) >= 11 is 1.46. The Kier molecular flexibility index (Phi) is 8.33. The molecule has 3 N–H and O–H groups in total. The van der Waals surface area contributed by atoms with Crippen LogP contribution in [0.3, 0.4) is 0 Å².